The van der Waals surface area contributed by atoms with Crippen molar-refractivity contribution < 1.29 is 9.53 Å². The van der Waals surface area contributed by atoms with Crippen molar-refractivity contribution in [1.29, 1.82) is 0 Å². The molecule has 35 heavy (non-hydrogen) atoms. The molecular formula is C25H26Cl2N6O2. The molecule has 3 heterocycles. The number of pyridine rings is 1. The average molecular weight is 513 g/mol. The van der Waals surface area contributed by atoms with Crippen LogP contribution in [0, 0.1) is 6.92 Å². The van der Waals surface area contributed by atoms with Crippen LogP contribution in [0.4, 0.5) is 5.82 Å². The molecule has 0 radical (unpaired) electrons. The Hall–Kier alpha value is -3.36. The maximum Gasteiger partial charge on any atom is 0.271 e. The molecule has 0 bridgehead atoms. The first-order chi connectivity index (χ1) is 16.6. The lowest BCUT2D eigenvalue weighted by Gasteiger charge is -2.22. The van der Waals surface area contributed by atoms with Gasteiger partial charge in [0.1, 0.15) is 22.8 Å². The van der Waals surface area contributed by atoms with Gasteiger partial charge in [-0.05, 0) is 31.5 Å². The molecule has 0 aliphatic rings. The minimum atomic E-state index is -0.252. The van der Waals surface area contributed by atoms with E-state index < -0.39 is 0 Å². The van der Waals surface area contributed by atoms with Crippen LogP contribution in [0.25, 0.3) is 16.6 Å². The number of anilines is 1. The van der Waals surface area contributed by atoms with E-state index in [1.54, 1.807) is 38.8 Å². The Morgan fingerprint density at radius 1 is 1.26 bits per heavy atom. The smallest absolute Gasteiger partial charge is 0.271 e. The van der Waals surface area contributed by atoms with E-state index in [4.69, 9.17) is 33.7 Å². The van der Waals surface area contributed by atoms with Gasteiger partial charge in [0.2, 0.25) is 0 Å². The van der Waals surface area contributed by atoms with E-state index in [1.807, 2.05) is 37.3 Å². The van der Waals surface area contributed by atoms with Crippen LogP contribution in [0.1, 0.15) is 47.2 Å². The summed E-state index contributed by atoms with van der Waals surface area (Å²) in [7, 11) is 3.38. The van der Waals surface area contributed by atoms with Crippen LogP contribution in [-0.2, 0) is 0 Å². The van der Waals surface area contributed by atoms with Crippen molar-refractivity contribution >= 4 is 40.4 Å². The zero-order valence-corrected chi connectivity index (χ0v) is 21.6. The van der Waals surface area contributed by atoms with E-state index in [0.717, 1.165) is 22.3 Å². The second-order valence-electron chi connectivity index (χ2n) is 8.36. The average Bonchev–Trinajstić information content (AvgIpc) is 3.18. The number of halogens is 2. The molecule has 182 valence electrons. The molecule has 1 aromatic carbocycles. The Morgan fingerprint density at radius 3 is 2.63 bits per heavy atom. The number of aromatic nitrogens is 4. The number of carbonyl (C=O) groups is 1. The summed E-state index contributed by atoms with van der Waals surface area (Å²) >= 11 is 13.1. The van der Waals surface area contributed by atoms with E-state index in [0.29, 0.717) is 40.2 Å². The maximum absolute atomic E-state index is 12.3. The van der Waals surface area contributed by atoms with Crippen molar-refractivity contribution in [2.45, 2.75) is 26.7 Å². The molecular weight excluding hydrogens is 487 g/mol. The number of fused-ring (bicyclic) bond motifs is 1. The van der Waals surface area contributed by atoms with Crippen molar-refractivity contribution in [3.8, 4) is 16.9 Å². The summed E-state index contributed by atoms with van der Waals surface area (Å²) in [4.78, 5) is 26.9. The van der Waals surface area contributed by atoms with Gasteiger partial charge in [-0.2, -0.15) is 0 Å². The summed E-state index contributed by atoms with van der Waals surface area (Å²) in [5.74, 6) is 1.23. The maximum atomic E-state index is 12.3. The molecule has 4 rings (SSSR count). The van der Waals surface area contributed by atoms with Crippen LogP contribution >= 0.6 is 23.2 Å². The molecule has 0 aliphatic carbocycles. The first kappa shape index (κ1) is 24.8. The predicted molar refractivity (Wildman–Crippen MR) is 139 cm³/mol. The first-order valence-corrected chi connectivity index (χ1v) is 11.8. The minimum absolute atomic E-state index is 0.171. The highest BCUT2D eigenvalue weighted by Gasteiger charge is 2.26. The van der Waals surface area contributed by atoms with E-state index in [1.165, 1.54) is 4.90 Å². The van der Waals surface area contributed by atoms with Gasteiger partial charge in [0.25, 0.3) is 5.91 Å². The van der Waals surface area contributed by atoms with Gasteiger partial charge in [0, 0.05) is 60.3 Å². The van der Waals surface area contributed by atoms with E-state index >= 15 is 0 Å². The lowest BCUT2D eigenvalue weighted by atomic mass is 9.91. The third kappa shape index (κ3) is 4.39. The highest BCUT2D eigenvalue weighted by molar-refractivity contribution is 6.33. The van der Waals surface area contributed by atoms with Crippen LogP contribution in [0.15, 0.2) is 36.8 Å². The first-order valence-electron chi connectivity index (χ1n) is 11.1. The van der Waals surface area contributed by atoms with Gasteiger partial charge < -0.3 is 15.4 Å². The Kier molecular flexibility index (Phi) is 6.87. The molecule has 2 N–H and O–H groups in total. The number of imidazole rings is 1. The van der Waals surface area contributed by atoms with E-state index in [-0.39, 0.29) is 17.0 Å². The van der Waals surface area contributed by atoms with E-state index in [9.17, 15) is 4.79 Å². The fourth-order valence-corrected chi connectivity index (χ4v) is 4.58. The van der Waals surface area contributed by atoms with Gasteiger partial charge >= 0.3 is 0 Å². The lowest BCUT2D eigenvalue weighted by molar-refractivity contribution is 0.0822. The topological polar surface area (TPSA) is 98.6 Å². The Balaban J connectivity index is 1.90. The molecule has 1 atom stereocenters. The normalized spacial score (nSPS) is 12.1. The zero-order valence-electron chi connectivity index (χ0n) is 20.1. The molecule has 1 unspecified atom stereocenters. The number of nitrogen functional groups attached to an aromatic ring is 1. The Bertz CT molecular complexity index is 1420. The van der Waals surface area contributed by atoms with E-state index in [2.05, 4.69) is 15.0 Å². The molecule has 4 aromatic rings. The molecule has 0 aliphatic heterocycles. The standard InChI is InChI=1S/C25H26Cl2N6O2/c1-6-35-21-16(13(2)24-31-22(27)20-23(28)29-9-10-33(20)24)11-17(26)14(3)19(21)15-7-8-18(30-12-15)25(34)32(4)5/h7-13H,6H2,1-5H3,(H2,28,29). The van der Waals surface area contributed by atoms with Crippen molar-refractivity contribution in [2.24, 2.45) is 0 Å². The fourth-order valence-electron chi connectivity index (χ4n) is 4.10. The SMILES string of the molecule is CCOc1c(C(C)c2nc(Cl)c3c(N)nccn23)cc(Cl)c(C)c1-c1ccc(C(=O)N(C)C)nc1. The van der Waals surface area contributed by atoms with Crippen LogP contribution in [-0.4, -0.2) is 50.9 Å². The Labute approximate surface area is 213 Å². The third-order valence-electron chi connectivity index (χ3n) is 5.89. The number of rotatable bonds is 6. The summed E-state index contributed by atoms with van der Waals surface area (Å²) < 4.78 is 8.03. The summed E-state index contributed by atoms with van der Waals surface area (Å²) in [6.07, 6.45) is 5.05. The molecule has 0 saturated carbocycles. The number of amides is 1. The van der Waals surface area contributed by atoms with Crippen molar-refractivity contribution in [3.63, 3.8) is 0 Å². The Morgan fingerprint density at radius 2 is 2.00 bits per heavy atom. The lowest BCUT2D eigenvalue weighted by Crippen LogP contribution is -2.22. The van der Waals surface area contributed by atoms with Crippen molar-refractivity contribution in [1.82, 2.24) is 24.3 Å². The highest BCUT2D eigenvalue weighted by Crippen LogP contribution is 2.44. The minimum Gasteiger partial charge on any atom is -0.493 e. The zero-order chi connectivity index (χ0) is 25.4. The van der Waals surface area contributed by atoms with Crippen LogP contribution < -0.4 is 10.5 Å². The molecule has 8 nitrogen and oxygen atoms in total. The fraction of sp³-hybridized carbons (Fsp3) is 0.280. The number of nitrogens with two attached hydrogens (primary N) is 1. The van der Waals surface area contributed by atoms with Crippen LogP contribution in [0.3, 0.4) is 0 Å². The highest BCUT2D eigenvalue weighted by atomic mass is 35.5. The summed E-state index contributed by atoms with van der Waals surface area (Å²) in [6, 6.07) is 5.45. The molecule has 3 aromatic heterocycles. The number of nitrogens with zero attached hydrogens (tertiary/aromatic N) is 5. The number of hydrogen-bond acceptors (Lipinski definition) is 6. The number of carbonyl (C=O) groups excluding carboxylic acids is 1. The van der Waals surface area contributed by atoms with Gasteiger partial charge in [0.05, 0.1) is 6.61 Å². The predicted octanol–water partition coefficient (Wildman–Crippen LogP) is 5.24. The van der Waals surface area contributed by atoms with Gasteiger partial charge in [-0.25, -0.2) is 9.97 Å². The summed E-state index contributed by atoms with van der Waals surface area (Å²) in [6.45, 7) is 6.31. The molecule has 0 fully saturated rings. The van der Waals surface area contributed by atoms with Gasteiger partial charge in [-0.15, -0.1) is 0 Å². The van der Waals surface area contributed by atoms with Gasteiger partial charge in [0.15, 0.2) is 11.0 Å². The number of benzene rings is 1. The second-order valence-corrected chi connectivity index (χ2v) is 9.12. The van der Waals surface area contributed by atoms with Crippen LogP contribution in [0.2, 0.25) is 10.2 Å². The van der Waals surface area contributed by atoms with Gasteiger partial charge in [-0.3, -0.25) is 14.2 Å². The molecule has 10 heteroatoms. The monoisotopic (exact) mass is 512 g/mol. The number of hydrogen-bond donors (Lipinski definition) is 1. The van der Waals surface area contributed by atoms with Crippen molar-refractivity contribution in [2.75, 3.05) is 26.4 Å². The third-order valence-corrected chi connectivity index (χ3v) is 6.55. The summed E-state index contributed by atoms with van der Waals surface area (Å²) in [5, 5.41) is 0.853. The van der Waals surface area contributed by atoms with Crippen molar-refractivity contribution in [3.05, 3.63) is 69.6 Å². The van der Waals surface area contributed by atoms with Gasteiger partial charge in [-0.1, -0.05) is 36.2 Å². The second kappa shape index (κ2) is 9.71. The van der Waals surface area contributed by atoms with Crippen LogP contribution in [0.5, 0.6) is 5.75 Å². The molecule has 1 amide bonds. The largest absolute Gasteiger partial charge is 0.493 e. The molecule has 0 spiro atoms. The molecule has 0 saturated heterocycles. The summed E-state index contributed by atoms with van der Waals surface area (Å²) in [5.41, 5.74) is 10.2. The quantitative estimate of drug-likeness (QED) is 0.379. The number of ether oxygens (including phenoxy) is 1.